The van der Waals surface area contributed by atoms with Gasteiger partial charge < -0.3 is 10.2 Å². The van der Waals surface area contributed by atoms with E-state index in [2.05, 4.69) is 21.2 Å². The lowest BCUT2D eigenvalue weighted by Gasteiger charge is -2.21. The van der Waals surface area contributed by atoms with Gasteiger partial charge in [-0.2, -0.15) is 0 Å². The highest BCUT2D eigenvalue weighted by Gasteiger charge is 2.13. The number of carbonyl (C=O) groups is 2. The minimum atomic E-state index is -0.0804. The normalized spacial score (nSPS) is 10.2. The first-order chi connectivity index (χ1) is 11.1. The van der Waals surface area contributed by atoms with Crippen molar-refractivity contribution in [1.29, 1.82) is 0 Å². The maximum atomic E-state index is 12.0. The molecule has 0 bridgehead atoms. The number of anilines is 1. The minimum Gasteiger partial charge on any atom is -0.352 e. The maximum Gasteiger partial charge on any atom is 0.223 e. The highest BCUT2D eigenvalue weighted by Crippen LogP contribution is 2.18. The van der Waals surface area contributed by atoms with Crippen LogP contribution in [0.4, 0.5) is 5.69 Å². The van der Waals surface area contributed by atoms with E-state index in [1.54, 1.807) is 4.90 Å². The van der Waals surface area contributed by atoms with Gasteiger partial charge in [-0.3, -0.25) is 9.59 Å². The molecule has 23 heavy (non-hydrogen) atoms. The predicted molar refractivity (Wildman–Crippen MR) is 95.1 cm³/mol. The van der Waals surface area contributed by atoms with Gasteiger partial charge in [0.25, 0.3) is 0 Å². The quantitative estimate of drug-likeness (QED) is 0.840. The summed E-state index contributed by atoms with van der Waals surface area (Å²) in [6, 6.07) is 17.2. The van der Waals surface area contributed by atoms with Crippen LogP contribution >= 0.6 is 15.9 Å². The Hall–Kier alpha value is -2.14. The largest absolute Gasteiger partial charge is 0.352 e. The van der Waals surface area contributed by atoms with Crippen LogP contribution in [0, 0.1) is 0 Å². The molecule has 0 saturated carbocycles. The molecular weight excluding hydrogens is 356 g/mol. The van der Waals surface area contributed by atoms with Crippen molar-refractivity contribution in [2.75, 3.05) is 11.4 Å². The Bertz CT molecular complexity index is 656. The average Bonchev–Trinajstić information content (AvgIpc) is 2.55. The second-order valence-electron chi connectivity index (χ2n) is 5.16. The van der Waals surface area contributed by atoms with Crippen molar-refractivity contribution < 1.29 is 9.59 Å². The second kappa shape index (κ2) is 8.48. The summed E-state index contributed by atoms with van der Waals surface area (Å²) in [5.74, 6) is -0.152. The lowest BCUT2D eigenvalue weighted by atomic mass is 10.2. The molecule has 0 fully saturated rings. The van der Waals surface area contributed by atoms with Crippen molar-refractivity contribution in [3.63, 3.8) is 0 Å². The molecule has 0 aliphatic rings. The van der Waals surface area contributed by atoms with Gasteiger partial charge in [0.2, 0.25) is 11.8 Å². The van der Waals surface area contributed by atoms with Crippen molar-refractivity contribution in [3.05, 3.63) is 64.6 Å². The molecule has 0 spiro atoms. The van der Waals surface area contributed by atoms with Crippen LogP contribution in [0.3, 0.4) is 0 Å². The number of benzene rings is 2. The average molecular weight is 375 g/mol. The summed E-state index contributed by atoms with van der Waals surface area (Å²) in [7, 11) is 0. The first-order valence-electron chi connectivity index (χ1n) is 7.40. The number of rotatable bonds is 6. The van der Waals surface area contributed by atoms with Crippen molar-refractivity contribution >= 4 is 33.4 Å². The van der Waals surface area contributed by atoms with Gasteiger partial charge in [0.1, 0.15) is 0 Å². The lowest BCUT2D eigenvalue weighted by Crippen LogP contribution is -2.33. The van der Waals surface area contributed by atoms with Crippen LogP contribution in [0.1, 0.15) is 18.9 Å². The van der Waals surface area contributed by atoms with E-state index in [9.17, 15) is 9.59 Å². The van der Waals surface area contributed by atoms with Crippen molar-refractivity contribution in [3.8, 4) is 0 Å². The van der Waals surface area contributed by atoms with Crippen molar-refractivity contribution in [2.24, 2.45) is 0 Å². The van der Waals surface area contributed by atoms with E-state index < -0.39 is 0 Å². The van der Waals surface area contributed by atoms with Gasteiger partial charge in [0, 0.05) is 36.6 Å². The van der Waals surface area contributed by atoms with Gasteiger partial charge in [0.15, 0.2) is 0 Å². The molecule has 2 rings (SSSR count). The van der Waals surface area contributed by atoms with Gasteiger partial charge in [-0.15, -0.1) is 0 Å². The summed E-state index contributed by atoms with van der Waals surface area (Å²) in [5, 5.41) is 2.87. The zero-order chi connectivity index (χ0) is 16.7. The zero-order valence-corrected chi connectivity index (χ0v) is 14.5. The summed E-state index contributed by atoms with van der Waals surface area (Å²) < 4.78 is 0.949. The van der Waals surface area contributed by atoms with Crippen LogP contribution in [0.2, 0.25) is 0 Å². The molecule has 120 valence electrons. The Labute approximate surface area is 144 Å². The molecule has 4 nitrogen and oxygen atoms in total. The fourth-order valence-corrected chi connectivity index (χ4v) is 2.45. The van der Waals surface area contributed by atoms with E-state index in [0.717, 1.165) is 15.7 Å². The number of amides is 2. The Morgan fingerprint density at radius 3 is 2.30 bits per heavy atom. The van der Waals surface area contributed by atoms with E-state index in [0.29, 0.717) is 13.1 Å². The van der Waals surface area contributed by atoms with Crippen LogP contribution in [0.5, 0.6) is 0 Å². The standard InChI is InChI=1S/C18H19BrN2O2/c1-14(22)21(17-9-7-16(19)8-10-17)12-11-18(23)20-13-15-5-3-2-4-6-15/h2-10H,11-13H2,1H3,(H,20,23). The van der Waals surface area contributed by atoms with Crippen LogP contribution < -0.4 is 10.2 Å². The summed E-state index contributed by atoms with van der Waals surface area (Å²) in [5.41, 5.74) is 1.84. The number of halogens is 1. The smallest absolute Gasteiger partial charge is 0.223 e. The number of hydrogen-bond donors (Lipinski definition) is 1. The maximum absolute atomic E-state index is 12.0. The van der Waals surface area contributed by atoms with E-state index in [1.807, 2.05) is 54.6 Å². The highest BCUT2D eigenvalue weighted by molar-refractivity contribution is 9.10. The van der Waals surface area contributed by atoms with Crippen LogP contribution in [0.25, 0.3) is 0 Å². The van der Waals surface area contributed by atoms with E-state index in [4.69, 9.17) is 0 Å². The fourth-order valence-electron chi connectivity index (χ4n) is 2.19. The molecule has 5 heteroatoms. The van der Waals surface area contributed by atoms with Gasteiger partial charge in [-0.25, -0.2) is 0 Å². The molecule has 0 heterocycles. The van der Waals surface area contributed by atoms with E-state index in [1.165, 1.54) is 6.92 Å². The zero-order valence-electron chi connectivity index (χ0n) is 13.0. The topological polar surface area (TPSA) is 49.4 Å². The van der Waals surface area contributed by atoms with Gasteiger partial charge in [-0.1, -0.05) is 46.3 Å². The Kier molecular flexibility index (Phi) is 6.35. The SMILES string of the molecule is CC(=O)N(CCC(=O)NCc1ccccc1)c1ccc(Br)cc1. The summed E-state index contributed by atoms with van der Waals surface area (Å²) >= 11 is 3.37. The molecule has 0 aliphatic heterocycles. The van der Waals surface area contributed by atoms with Gasteiger partial charge in [-0.05, 0) is 29.8 Å². The predicted octanol–water partition coefficient (Wildman–Crippen LogP) is 3.51. The highest BCUT2D eigenvalue weighted by atomic mass is 79.9. The Balaban J connectivity index is 1.87. The molecule has 0 radical (unpaired) electrons. The number of nitrogens with zero attached hydrogens (tertiary/aromatic N) is 1. The minimum absolute atomic E-state index is 0.0720. The van der Waals surface area contributed by atoms with Crippen LogP contribution in [0.15, 0.2) is 59.1 Å². The Morgan fingerprint density at radius 1 is 1.04 bits per heavy atom. The summed E-state index contributed by atoms with van der Waals surface area (Å²) in [6.45, 7) is 2.36. The van der Waals surface area contributed by atoms with Crippen LogP contribution in [-0.4, -0.2) is 18.4 Å². The molecule has 2 aromatic rings. The Morgan fingerprint density at radius 2 is 1.70 bits per heavy atom. The molecule has 2 aromatic carbocycles. The van der Waals surface area contributed by atoms with E-state index >= 15 is 0 Å². The van der Waals surface area contributed by atoms with Crippen LogP contribution in [-0.2, 0) is 16.1 Å². The van der Waals surface area contributed by atoms with Crippen molar-refractivity contribution in [2.45, 2.75) is 19.9 Å². The first kappa shape index (κ1) is 17.2. The number of carbonyl (C=O) groups excluding carboxylic acids is 2. The van der Waals surface area contributed by atoms with Crippen molar-refractivity contribution in [1.82, 2.24) is 5.32 Å². The summed E-state index contributed by atoms with van der Waals surface area (Å²) in [4.78, 5) is 25.4. The molecule has 0 unspecified atom stereocenters. The lowest BCUT2D eigenvalue weighted by molar-refractivity contribution is -0.121. The monoisotopic (exact) mass is 374 g/mol. The third-order valence-corrected chi connectivity index (χ3v) is 3.94. The molecule has 0 atom stereocenters. The summed E-state index contributed by atoms with van der Waals surface area (Å²) in [6.07, 6.45) is 0.266. The molecular formula is C18H19BrN2O2. The van der Waals surface area contributed by atoms with Gasteiger partial charge >= 0.3 is 0 Å². The van der Waals surface area contributed by atoms with Gasteiger partial charge in [0.05, 0.1) is 0 Å². The molecule has 0 saturated heterocycles. The molecule has 0 aromatic heterocycles. The first-order valence-corrected chi connectivity index (χ1v) is 8.20. The third-order valence-electron chi connectivity index (χ3n) is 3.41. The molecule has 2 amide bonds. The number of hydrogen-bond acceptors (Lipinski definition) is 2. The number of nitrogens with one attached hydrogen (secondary N) is 1. The molecule has 0 aliphatic carbocycles. The molecule has 1 N–H and O–H groups in total. The fraction of sp³-hybridized carbons (Fsp3) is 0.222. The van der Waals surface area contributed by atoms with E-state index in [-0.39, 0.29) is 18.2 Å². The third kappa shape index (κ3) is 5.53. The second-order valence-corrected chi connectivity index (χ2v) is 6.08.